The molecular formula is C19H19O4. The Bertz CT molecular complexity index is 689. The van der Waals surface area contributed by atoms with Gasteiger partial charge in [-0.1, -0.05) is 24.3 Å². The summed E-state index contributed by atoms with van der Waals surface area (Å²) in [4.78, 5) is 12.3. The summed E-state index contributed by atoms with van der Waals surface area (Å²) >= 11 is 0. The van der Waals surface area contributed by atoms with Crippen molar-refractivity contribution in [3.8, 4) is 5.75 Å². The van der Waals surface area contributed by atoms with Gasteiger partial charge in [-0.25, -0.2) is 0 Å². The maximum absolute atomic E-state index is 12.3. The van der Waals surface area contributed by atoms with E-state index in [9.17, 15) is 4.79 Å². The molecule has 2 aromatic carbocycles. The molecule has 1 aliphatic heterocycles. The molecule has 1 heterocycles. The van der Waals surface area contributed by atoms with Crippen molar-refractivity contribution in [2.75, 3.05) is 13.7 Å². The molecule has 119 valence electrons. The predicted octanol–water partition coefficient (Wildman–Crippen LogP) is 3.46. The van der Waals surface area contributed by atoms with E-state index in [1.807, 2.05) is 56.2 Å². The van der Waals surface area contributed by atoms with Gasteiger partial charge < -0.3 is 14.2 Å². The van der Waals surface area contributed by atoms with Crippen molar-refractivity contribution in [3.63, 3.8) is 0 Å². The predicted molar refractivity (Wildman–Crippen MR) is 87.6 cm³/mol. The molecule has 1 aliphatic rings. The van der Waals surface area contributed by atoms with E-state index in [0.29, 0.717) is 6.61 Å². The molecule has 0 N–H and O–H groups in total. The van der Waals surface area contributed by atoms with Crippen LogP contribution in [0.3, 0.4) is 0 Å². The minimum Gasteiger partial charge on any atom is -0.497 e. The Kier molecular flexibility index (Phi) is 4.82. The van der Waals surface area contributed by atoms with Gasteiger partial charge >= 0.3 is 5.97 Å². The highest BCUT2D eigenvalue weighted by Crippen LogP contribution is 2.26. The van der Waals surface area contributed by atoms with Gasteiger partial charge in [0.15, 0.2) is 0 Å². The van der Waals surface area contributed by atoms with Gasteiger partial charge in [-0.15, -0.1) is 0 Å². The van der Waals surface area contributed by atoms with Gasteiger partial charge in [0.05, 0.1) is 19.6 Å². The third-order valence-corrected chi connectivity index (χ3v) is 3.92. The van der Waals surface area contributed by atoms with Crippen molar-refractivity contribution < 1.29 is 19.0 Å². The number of hydrogen-bond donors (Lipinski definition) is 0. The number of hydrogen-bond acceptors (Lipinski definition) is 4. The highest BCUT2D eigenvalue weighted by Gasteiger charge is 2.23. The van der Waals surface area contributed by atoms with Crippen LogP contribution in [-0.2, 0) is 14.3 Å². The largest absolute Gasteiger partial charge is 0.497 e. The fourth-order valence-corrected chi connectivity index (χ4v) is 2.50. The molecular weight excluding hydrogens is 292 g/mol. The van der Waals surface area contributed by atoms with Crippen LogP contribution in [0.1, 0.15) is 18.4 Å². The summed E-state index contributed by atoms with van der Waals surface area (Å²) in [7, 11) is 1.65. The topological polar surface area (TPSA) is 44.8 Å². The Balaban J connectivity index is 1.74. The quantitative estimate of drug-likeness (QED) is 0.811. The maximum atomic E-state index is 12.3. The number of ether oxygens (including phenoxy) is 3. The van der Waals surface area contributed by atoms with Gasteiger partial charge in [-0.2, -0.15) is 0 Å². The molecule has 2 atom stereocenters. The Labute approximate surface area is 136 Å². The van der Waals surface area contributed by atoms with Gasteiger partial charge in [-0.3, -0.25) is 4.79 Å². The molecule has 0 amide bonds. The Morgan fingerprint density at radius 3 is 2.74 bits per heavy atom. The molecule has 0 unspecified atom stereocenters. The van der Waals surface area contributed by atoms with Crippen LogP contribution < -0.4 is 4.74 Å². The van der Waals surface area contributed by atoms with Crippen LogP contribution in [-0.4, -0.2) is 26.0 Å². The summed E-state index contributed by atoms with van der Waals surface area (Å²) in [5.41, 5.74) is 0.916. The minimum atomic E-state index is -0.598. The average Bonchev–Trinajstić information content (AvgIpc) is 2.61. The smallest absolute Gasteiger partial charge is 0.315 e. The van der Waals surface area contributed by atoms with E-state index in [2.05, 4.69) is 0 Å². The number of rotatable bonds is 4. The van der Waals surface area contributed by atoms with Gasteiger partial charge in [0.1, 0.15) is 5.75 Å². The average molecular weight is 311 g/mol. The monoisotopic (exact) mass is 311 g/mol. The van der Waals surface area contributed by atoms with E-state index in [1.54, 1.807) is 13.5 Å². The van der Waals surface area contributed by atoms with E-state index in [0.717, 1.165) is 22.1 Å². The Morgan fingerprint density at radius 1 is 1.22 bits per heavy atom. The summed E-state index contributed by atoms with van der Waals surface area (Å²) < 4.78 is 15.9. The fraction of sp³-hybridized carbons (Fsp3) is 0.263. The second-order valence-electron chi connectivity index (χ2n) is 5.45. The summed E-state index contributed by atoms with van der Waals surface area (Å²) in [6.45, 7) is 2.30. The van der Waals surface area contributed by atoms with Crippen molar-refractivity contribution in [1.82, 2.24) is 0 Å². The Hall–Kier alpha value is -2.07. The Morgan fingerprint density at radius 2 is 2.00 bits per heavy atom. The lowest BCUT2D eigenvalue weighted by molar-refractivity contribution is -0.173. The zero-order valence-corrected chi connectivity index (χ0v) is 13.2. The van der Waals surface area contributed by atoms with Crippen molar-refractivity contribution >= 4 is 16.7 Å². The summed E-state index contributed by atoms with van der Waals surface area (Å²) in [6.07, 6.45) is 4.83. The third-order valence-electron chi connectivity index (χ3n) is 3.92. The third kappa shape index (κ3) is 3.64. The summed E-state index contributed by atoms with van der Waals surface area (Å²) in [5, 5.41) is 2.13. The number of esters is 1. The van der Waals surface area contributed by atoms with Crippen LogP contribution in [0.2, 0.25) is 0 Å². The van der Waals surface area contributed by atoms with Crippen LogP contribution in [0, 0.1) is 19.3 Å². The lowest BCUT2D eigenvalue weighted by atomic mass is 9.98. The van der Waals surface area contributed by atoms with Crippen LogP contribution in [0.4, 0.5) is 0 Å². The minimum absolute atomic E-state index is 0.297. The molecule has 1 fully saturated rings. The zero-order chi connectivity index (χ0) is 16.2. The molecule has 3 radical (unpaired) electrons. The standard InChI is InChI=1S/C19H19O4/c1-13(19(20)23-18-5-3-4-10-22-18)14-6-7-16-12-17(21-2)9-8-15(16)11-14/h3-9,11-13,18H,10H2,1-2H3/t13-,18+/m0/s1. The van der Waals surface area contributed by atoms with Gasteiger partial charge in [0.25, 0.3) is 0 Å². The molecule has 0 aromatic heterocycles. The van der Waals surface area contributed by atoms with E-state index < -0.39 is 6.29 Å². The highest BCUT2D eigenvalue weighted by atomic mass is 16.7. The molecule has 0 aliphatic carbocycles. The second-order valence-corrected chi connectivity index (χ2v) is 5.45. The van der Waals surface area contributed by atoms with Crippen LogP contribution >= 0.6 is 0 Å². The first-order valence-corrected chi connectivity index (χ1v) is 7.57. The number of carbonyl (C=O) groups is 1. The number of benzene rings is 2. The second kappa shape index (κ2) is 7.01. The van der Waals surface area contributed by atoms with E-state index in [4.69, 9.17) is 14.2 Å². The highest BCUT2D eigenvalue weighted by molar-refractivity contribution is 5.86. The van der Waals surface area contributed by atoms with Gasteiger partial charge in [0, 0.05) is 6.42 Å². The van der Waals surface area contributed by atoms with E-state index >= 15 is 0 Å². The van der Waals surface area contributed by atoms with Crippen molar-refractivity contribution in [3.05, 3.63) is 61.2 Å². The van der Waals surface area contributed by atoms with Gasteiger partial charge in [-0.05, 0) is 48.2 Å². The molecule has 0 spiro atoms. The zero-order valence-electron chi connectivity index (χ0n) is 13.2. The molecule has 0 bridgehead atoms. The number of fused-ring (bicyclic) bond motifs is 1. The molecule has 4 nitrogen and oxygen atoms in total. The first-order valence-electron chi connectivity index (χ1n) is 7.57. The summed E-state index contributed by atoms with van der Waals surface area (Å²) in [5.74, 6) is 0.162. The normalized spacial score (nSPS) is 19.3. The fourth-order valence-electron chi connectivity index (χ4n) is 2.50. The van der Waals surface area contributed by atoms with Crippen LogP contribution in [0.5, 0.6) is 5.75 Å². The molecule has 2 aromatic rings. The molecule has 0 saturated carbocycles. The van der Waals surface area contributed by atoms with Crippen molar-refractivity contribution in [2.45, 2.75) is 19.1 Å². The van der Waals surface area contributed by atoms with E-state index in [-0.39, 0.29) is 11.9 Å². The van der Waals surface area contributed by atoms with Crippen molar-refractivity contribution in [2.24, 2.45) is 0 Å². The lowest BCUT2D eigenvalue weighted by Crippen LogP contribution is -2.28. The lowest BCUT2D eigenvalue weighted by Gasteiger charge is -2.23. The summed E-state index contributed by atoms with van der Waals surface area (Å²) in [6, 6.07) is 11.8. The number of methoxy groups -OCH3 is 1. The van der Waals surface area contributed by atoms with Crippen LogP contribution in [0.15, 0.2) is 36.4 Å². The molecule has 23 heavy (non-hydrogen) atoms. The number of carbonyl (C=O) groups excluding carboxylic acids is 1. The first kappa shape index (κ1) is 15.8. The van der Waals surface area contributed by atoms with Crippen LogP contribution in [0.25, 0.3) is 10.8 Å². The molecule has 1 saturated heterocycles. The SMILES string of the molecule is COc1ccc2cc([C@H](C)C(=O)O[C@@H]3[CH][CH][CH]CO3)ccc2c1. The first-order chi connectivity index (χ1) is 11.2. The van der Waals surface area contributed by atoms with Gasteiger partial charge in [0.2, 0.25) is 6.29 Å². The van der Waals surface area contributed by atoms with Crippen molar-refractivity contribution in [1.29, 1.82) is 0 Å². The molecule has 3 rings (SSSR count). The molecule has 4 heteroatoms. The maximum Gasteiger partial charge on any atom is 0.315 e. The van der Waals surface area contributed by atoms with E-state index in [1.165, 1.54) is 0 Å².